The third kappa shape index (κ3) is 5.19. The highest BCUT2D eigenvalue weighted by Gasteiger charge is 2.33. The van der Waals surface area contributed by atoms with Gasteiger partial charge in [0.2, 0.25) is 11.8 Å². The summed E-state index contributed by atoms with van der Waals surface area (Å²) < 4.78 is 10.3. The number of aliphatic hydroxyl groups excluding tert-OH is 2. The van der Waals surface area contributed by atoms with Crippen LogP contribution in [0.5, 0.6) is 0 Å². The van der Waals surface area contributed by atoms with Gasteiger partial charge in [0.1, 0.15) is 18.6 Å². The number of hydrogen-bond acceptors (Lipinski definition) is 6. The number of nitrogens with one attached hydrogen (secondary N) is 2. The van der Waals surface area contributed by atoms with E-state index in [1.807, 2.05) is 0 Å². The number of hydrogen-bond donors (Lipinski definition) is 4. The van der Waals surface area contributed by atoms with E-state index in [4.69, 9.17) is 14.6 Å². The van der Waals surface area contributed by atoms with Crippen LogP contribution in [0.1, 0.15) is 27.2 Å². The number of aliphatic hydroxyl groups is 2. The van der Waals surface area contributed by atoms with E-state index >= 15 is 0 Å². The van der Waals surface area contributed by atoms with Gasteiger partial charge in [-0.1, -0.05) is 13.8 Å². The Morgan fingerprint density at radius 3 is 2.41 bits per heavy atom. The van der Waals surface area contributed by atoms with Gasteiger partial charge < -0.3 is 30.3 Å². The lowest BCUT2D eigenvalue weighted by Crippen LogP contribution is -2.46. The Balaban J connectivity index is 2.23. The zero-order valence-electron chi connectivity index (χ0n) is 13.1. The summed E-state index contributed by atoms with van der Waals surface area (Å²) in [5.41, 5.74) is -0.939. The molecule has 1 rings (SSSR count). The second-order valence-electron chi connectivity index (χ2n) is 6.01. The van der Waals surface area contributed by atoms with Gasteiger partial charge in [0.15, 0.2) is 0 Å². The highest BCUT2D eigenvalue weighted by molar-refractivity contribution is 5.82. The molecule has 8 heteroatoms. The fraction of sp³-hybridized carbons (Fsp3) is 0.714. The quantitative estimate of drug-likeness (QED) is 0.467. The molecule has 1 aliphatic heterocycles. The number of rotatable bonds is 8. The van der Waals surface area contributed by atoms with E-state index in [0.29, 0.717) is 0 Å². The largest absolute Gasteiger partial charge is 0.455 e. The number of carbonyl (C=O) groups excluding carboxylic acids is 2. The molecule has 0 aromatic rings. The van der Waals surface area contributed by atoms with Crippen molar-refractivity contribution in [2.24, 2.45) is 5.41 Å². The lowest BCUT2D eigenvalue weighted by Gasteiger charge is -2.27. The Labute approximate surface area is 129 Å². The molecule has 0 aromatic carbocycles. The Bertz CT molecular complexity index is 427. The Morgan fingerprint density at radius 1 is 1.27 bits per heavy atom. The van der Waals surface area contributed by atoms with Crippen molar-refractivity contribution in [2.45, 2.75) is 39.1 Å². The number of amides is 2. The van der Waals surface area contributed by atoms with Crippen LogP contribution in [0.2, 0.25) is 0 Å². The molecular formula is C14H24N2O6. The molecule has 0 radical (unpaired) electrons. The van der Waals surface area contributed by atoms with Crippen LogP contribution in [-0.4, -0.2) is 53.6 Å². The maximum absolute atomic E-state index is 11.7. The lowest BCUT2D eigenvalue weighted by atomic mass is 9.87. The van der Waals surface area contributed by atoms with E-state index < -0.39 is 23.2 Å². The van der Waals surface area contributed by atoms with Crippen molar-refractivity contribution in [1.29, 1.82) is 0 Å². The van der Waals surface area contributed by atoms with Gasteiger partial charge in [-0.3, -0.25) is 9.59 Å². The van der Waals surface area contributed by atoms with Crippen LogP contribution in [0.25, 0.3) is 0 Å². The van der Waals surface area contributed by atoms with Crippen molar-refractivity contribution >= 4 is 11.8 Å². The average Bonchev–Trinajstić information content (AvgIpc) is 2.91. The Hall–Kier alpha value is -1.80. The molecule has 8 nitrogen and oxygen atoms in total. The maximum atomic E-state index is 11.7. The van der Waals surface area contributed by atoms with Crippen molar-refractivity contribution in [3.05, 3.63) is 12.5 Å². The second-order valence-corrected chi connectivity index (χ2v) is 6.01. The predicted molar refractivity (Wildman–Crippen MR) is 77.2 cm³/mol. The van der Waals surface area contributed by atoms with Gasteiger partial charge in [-0.25, -0.2) is 0 Å². The second kappa shape index (κ2) is 7.46. The number of carbonyl (C=O) groups is 2. The summed E-state index contributed by atoms with van der Waals surface area (Å²) in [4.78, 5) is 23.3. The summed E-state index contributed by atoms with van der Waals surface area (Å²) in [6.07, 6.45) is 1.51. The van der Waals surface area contributed by atoms with E-state index in [2.05, 4.69) is 10.6 Å². The van der Waals surface area contributed by atoms with E-state index in [1.165, 1.54) is 12.5 Å². The molecule has 126 valence electrons. The molecule has 4 N–H and O–H groups in total. The van der Waals surface area contributed by atoms with Crippen LogP contribution in [0.4, 0.5) is 0 Å². The van der Waals surface area contributed by atoms with Crippen LogP contribution in [0, 0.1) is 5.41 Å². The smallest absolute Gasteiger partial charge is 0.264 e. The third-order valence-corrected chi connectivity index (χ3v) is 3.34. The molecule has 0 bridgehead atoms. The van der Waals surface area contributed by atoms with E-state index in [9.17, 15) is 14.7 Å². The fourth-order valence-electron chi connectivity index (χ4n) is 1.64. The fourth-order valence-corrected chi connectivity index (χ4v) is 1.64. The molecule has 0 saturated carbocycles. The summed E-state index contributed by atoms with van der Waals surface area (Å²) in [6.45, 7) is 4.75. The van der Waals surface area contributed by atoms with Crippen molar-refractivity contribution in [2.75, 3.05) is 19.7 Å². The van der Waals surface area contributed by atoms with Crippen molar-refractivity contribution in [1.82, 2.24) is 10.6 Å². The van der Waals surface area contributed by atoms with Crippen molar-refractivity contribution < 1.29 is 29.3 Å². The standard InChI is InChI=1S/C14H24N2O6/c1-13(2,9-17)11(19)12(20)15-5-4-10(18)16-8-14(3)21-6-7-22-14/h6-7,11,17,19H,4-5,8-9H2,1-3H3,(H,15,20)(H,16,18)/t11-/m0/s1. The molecule has 1 atom stereocenters. The first-order chi connectivity index (χ1) is 10.2. The normalized spacial score (nSPS) is 17.3. The Morgan fingerprint density at radius 2 is 1.86 bits per heavy atom. The summed E-state index contributed by atoms with van der Waals surface area (Å²) >= 11 is 0. The molecule has 0 fully saturated rings. The number of ether oxygens (including phenoxy) is 2. The summed E-state index contributed by atoms with van der Waals surface area (Å²) in [6, 6.07) is 0. The van der Waals surface area contributed by atoms with Crippen LogP contribution < -0.4 is 10.6 Å². The van der Waals surface area contributed by atoms with Gasteiger partial charge >= 0.3 is 0 Å². The lowest BCUT2D eigenvalue weighted by molar-refractivity contribution is -0.138. The molecule has 2 amide bonds. The van der Waals surface area contributed by atoms with Gasteiger partial charge in [0.25, 0.3) is 5.79 Å². The topological polar surface area (TPSA) is 117 Å². The predicted octanol–water partition coefficient (Wildman–Crippen LogP) is -0.777. The minimum atomic E-state index is -1.34. The first-order valence-corrected chi connectivity index (χ1v) is 7.04. The SMILES string of the molecule is CC1(CNC(=O)CCNC(=O)[C@H](O)C(C)(C)CO)OC=CO1. The molecule has 22 heavy (non-hydrogen) atoms. The first kappa shape index (κ1) is 18.2. The molecule has 0 unspecified atom stereocenters. The van der Waals surface area contributed by atoms with Gasteiger partial charge in [-0.2, -0.15) is 0 Å². The molecular weight excluding hydrogens is 292 g/mol. The maximum Gasteiger partial charge on any atom is 0.264 e. The molecule has 0 saturated heterocycles. The summed E-state index contributed by atoms with van der Waals surface area (Å²) in [5, 5.41) is 24.0. The average molecular weight is 316 g/mol. The monoisotopic (exact) mass is 316 g/mol. The highest BCUT2D eigenvalue weighted by atomic mass is 16.7. The van der Waals surface area contributed by atoms with Crippen LogP contribution in [0.3, 0.4) is 0 Å². The van der Waals surface area contributed by atoms with Gasteiger partial charge in [-0.15, -0.1) is 0 Å². The first-order valence-electron chi connectivity index (χ1n) is 7.04. The molecule has 0 aliphatic carbocycles. The van der Waals surface area contributed by atoms with Crippen molar-refractivity contribution in [3.8, 4) is 0 Å². The van der Waals surface area contributed by atoms with Crippen LogP contribution >= 0.6 is 0 Å². The van der Waals surface area contributed by atoms with Crippen LogP contribution in [-0.2, 0) is 19.1 Å². The van der Waals surface area contributed by atoms with Gasteiger partial charge in [0, 0.05) is 25.3 Å². The minimum absolute atomic E-state index is 0.0571. The van der Waals surface area contributed by atoms with Crippen LogP contribution in [0.15, 0.2) is 12.5 Å². The molecule has 1 aliphatic rings. The van der Waals surface area contributed by atoms with Gasteiger partial charge in [-0.05, 0) is 0 Å². The Kier molecular flexibility index (Phi) is 6.19. The van der Waals surface area contributed by atoms with Gasteiger partial charge in [0.05, 0.1) is 13.2 Å². The third-order valence-electron chi connectivity index (χ3n) is 3.34. The summed E-state index contributed by atoms with van der Waals surface area (Å²) in [5.74, 6) is -1.80. The van der Waals surface area contributed by atoms with E-state index in [0.717, 1.165) is 0 Å². The van der Waals surface area contributed by atoms with Crippen molar-refractivity contribution in [3.63, 3.8) is 0 Å². The van der Waals surface area contributed by atoms with E-state index in [-0.39, 0.29) is 32.0 Å². The van der Waals surface area contributed by atoms with E-state index in [1.54, 1.807) is 20.8 Å². The molecule has 1 heterocycles. The molecule has 0 spiro atoms. The molecule has 0 aromatic heterocycles. The highest BCUT2D eigenvalue weighted by Crippen LogP contribution is 2.19. The zero-order chi connectivity index (χ0) is 16.8. The summed E-state index contributed by atoms with van der Waals surface area (Å²) in [7, 11) is 0. The zero-order valence-corrected chi connectivity index (χ0v) is 13.1. The minimum Gasteiger partial charge on any atom is -0.455 e.